The van der Waals surface area contributed by atoms with Gasteiger partial charge >= 0.3 is 0 Å². The molecule has 6 heteroatoms. The molecule has 2 aromatic carbocycles. The fourth-order valence-corrected chi connectivity index (χ4v) is 3.66. The van der Waals surface area contributed by atoms with Gasteiger partial charge in [-0.2, -0.15) is 0 Å². The molecule has 0 aliphatic heterocycles. The molecule has 0 aliphatic carbocycles. The zero-order valence-electron chi connectivity index (χ0n) is 18.6. The predicted octanol–water partition coefficient (Wildman–Crippen LogP) is 4.89. The zero-order chi connectivity index (χ0) is 22.5. The van der Waals surface area contributed by atoms with Crippen LogP contribution in [0.1, 0.15) is 34.1 Å². The Morgan fingerprint density at radius 3 is 2.53 bits per heavy atom. The van der Waals surface area contributed by atoms with Crippen molar-refractivity contribution in [3.63, 3.8) is 0 Å². The molecule has 32 heavy (non-hydrogen) atoms. The number of fused-ring (bicyclic) bond motifs is 1. The average Bonchev–Trinajstić information content (AvgIpc) is 3.23. The van der Waals surface area contributed by atoms with Gasteiger partial charge in [0.15, 0.2) is 0 Å². The maximum absolute atomic E-state index is 13.2. The van der Waals surface area contributed by atoms with Crippen LogP contribution in [0.15, 0.2) is 73.1 Å². The van der Waals surface area contributed by atoms with Gasteiger partial charge in [-0.05, 0) is 43.7 Å². The number of carbonyl (C=O) groups is 1. The molecule has 1 amide bonds. The van der Waals surface area contributed by atoms with Crippen molar-refractivity contribution in [1.82, 2.24) is 14.3 Å². The minimum absolute atomic E-state index is 0.113. The van der Waals surface area contributed by atoms with Crippen LogP contribution in [0.3, 0.4) is 0 Å². The van der Waals surface area contributed by atoms with E-state index in [4.69, 9.17) is 9.47 Å². The molecule has 0 bridgehead atoms. The van der Waals surface area contributed by atoms with Crippen molar-refractivity contribution in [2.75, 3.05) is 13.7 Å². The number of rotatable bonds is 8. The van der Waals surface area contributed by atoms with Gasteiger partial charge in [-0.15, -0.1) is 0 Å². The second-order valence-electron chi connectivity index (χ2n) is 7.64. The first kappa shape index (κ1) is 21.4. The Morgan fingerprint density at radius 2 is 1.75 bits per heavy atom. The first-order valence-corrected chi connectivity index (χ1v) is 10.7. The Bertz CT molecular complexity index is 1230. The van der Waals surface area contributed by atoms with Crippen molar-refractivity contribution in [3.05, 3.63) is 95.4 Å². The molecule has 4 aromatic rings. The summed E-state index contributed by atoms with van der Waals surface area (Å²) in [6.45, 7) is 5.27. The molecule has 164 valence electrons. The topological polar surface area (TPSA) is 56.1 Å². The monoisotopic (exact) mass is 429 g/mol. The van der Waals surface area contributed by atoms with Crippen LogP contribution in [-0.4, -0.2) is 33.8 Å². The number of hydrogen-bond donors (Lipinski definition) is 0. The van der Waals surface area contributed by atoms with E-state index >= 15 is 0 Å². The summed E-state index contributed by atoms with van der Waals surface area (Å²) in [5.74, 6) is 1.22. The van der Waals surface area contributed by atoms with Gasteiger partial charge < -0.3 is 18.8 Å². The maximum Gasteiger partial charge on any atom is 0.257 e. The highest BCUT2D eigenvalue weighted by atomic mass is 16.5. The van der Waals surface area contributed by atoms with E-state index in [9.17, 15) is 4.79 Å². The van der Waals surface area contributed by atoms with Crippen LogP contribution in [0.5, 0.6) is 11.5 Å². The van der Waals surface area contributed by atoms with Gasteiger partial charge in [0.1, 0.15) is 23.8 Å². The summed E-state index contributed by atoms with van der Waals surface area (Å²) in [5.41, 5.74) is 4.29. The normalized spacial score (nSPS) is 10.8. The van der Waals surface area contributed by atoms with Crippen LogP contribution in [0, 0.1) is 6.92 Å². The lowest BCUT2D eigenvalue weighted by Gasteiger charge is -2.20. The first-order valence-electron chi connectivity index (χ1n) is 10.7. The highest BCUT2D eigenvalue weighted by Gasteiger charge is 2.18. The Morgan fingerprint density at radius 1 is 1.00 bits per heavy atom. The number of pyridine rings is 1. The minimum atomic E-state index is -0.113. The fourth-order valence-electron chi connectivity index (χ4n) is 3.66. The molecule has 0 unspecified atom stereocenters. The van der Waals surface area contributed by atoms with E-state index in [0.29, 0.717) is 24.5 Å². The Hall–Kier alpha value is -3.80. The second kappa shape index (κ2) is 9.56. The highest BCUT2D eigenvalue weighted by molar-refractivity contribution is 5.96. The van der Waals surface area contributed by atoms with Crippen LogP contribution >= 0.6 is 0 Å². The summed E-state index contributed by atoms with van der Waals surface area (Å²) < 4.78 is 13.7. The lowest BCUT2D eigenvalue weighted by molar-refractivity contribution is 0.0779. The van der Waals surface area contributed by atoms with Gasteiger partial charge in [0.2, 0.25) is 0 Å². The summed E-state index contributed by atoms with van der Waals surface area (Å²) in [5, 5.41) is 0. The van der Waals surface area contributed by atoms with E-state index in [-0.39, 0.29) is 12.5 Å². The maximum atomic E-state index is 13.2. The Labute approximate surface area is 188 Å². The van der Waals surface area contributed by atoms with Gasteiger partial charge in [-0.1, -0.05) is 36.4 Å². The minimum Gasteiger partial charge on any atom is -0.494 e. The number of imidazole rings is 1. The molecule has 0 N–H and O–H groups in total. The quantitative estimate of drug-likeness (QED) is 0.400. The van der Waals surface area contributed by atoms with Crippen molar-refractivity contribution < 1.29 is 14.3 Å². The molecule has 4 rings (SSSR count). The lowest BCUT2D eigenvalue weighted by atomic mass is 10.1. The fraction of sp³-hybridized carbons (Fsp3) is 0.231. The van der Waals surface area contributed by atoms with E-state index in [0.717, 1.165) is 28.2 Å². The Kier molecular flexibility index (Phi) is 6.40. The first-order chi connectivity index (χ1) is 15.6. The largest absolute Gasteiger partial charge is 0.494 e. The summed E-state index contributed by atoms with van der Waals surface area (Å²) in [6, 6.07) is 19.1. The summed E-state index contributed by atoms with van der Waals surface area (Å²) in [6.07, 6.45) is 3.91. The van der Waals surface area contributed by atoms with Gasteiger partial charge in [-0.25, -0.2) is 4.98 Å². The number of nitrogens with zero attached hydrogens (tertiary/aromatic N) is 3. The molecule has 0 atom stereocenters. The molecule has 0 radical (unpaired) electrons. The van der Waals surface area contributed by atoms with E-state index < -0.39 is 0 Å². The number of ether oxygens (including phenoxy) is 2. The summed E-state index contributed by atoms with van der Waals surface area (Å²) >= 11 is 0. The molecule has 0 spiro atoms. The number of hydrogen-bond acceptors (Lipinski definition) is 4. The summed E-state index contributed by atoms with van der Waals surface area (Å²) in [7, 11) is 1.78. The molecule has 2 heterocycles. The van der Waals surface area contributed by atoms with E-state index in [1.54, 1.807) is 18.0 Å². The van der Waals surface area contributed by atoms with Crippen LogP contribution in [0.2, 0.25) is 0 Å². The van der Waals surface area contributed by atoms with Crippen molar-refractivity contribution >= 4 is 11.6 Å². The van der Waals surface area contributed by atoms with E-state index in [2.05, 4.69) is 4.98 Å². The van der Waals surface area contributed by atoms with Crippen molar-refractivity contribution in [3.8, 4) is 11.5 Å². The van der Waals surface area contributed by atoms with E-state index in [1.807, 2.05) is 85.2 Å². The van der Waals surface area contributed by atoms with Crippen molar-refractivity contribution in [1.29, 1.82) is 0 Å². The molecule has 6 nitrogen and oxygen atoms in total. The number of para-hydroxylation sites is 2. The van der Waals surface area contributed by atoms with E-state index in [1.165, 1.54) is 0 Å². The molecule has 2 aromatic heterocycles. The highest BCUT2D eigenvalue weighted by Crippen LogP contribution is 2.24. The second-order valence-corrected chi connectivity index (χ2v) is 7.64. The van der Waals surface area contributed by atoms with Crippen LogP contribution in [0.4, 0.5) is 0 Å². The van der Waals surface area contributed by atoms with Crippen LogP contribution in [0.25, 0.3) is 5.65 Å². The standard InChI is InChI=1S/C26H27N3O3/c1-4-31-23-13-7-5-11-20(23)16-28(3)26(30)22-12-6-8-14-24(22)32-18-21-17-29-15-9-10-19(2)25(29)27-21/h5-15,17H,4,16,18H2,1-3H3. The third kappa shape index (κ3) is 4.59. The SMILES string of the molecule is CCOc1ccccc1CN(C)C(=O)c1ccccc1OCc1cn2cccc(C)c2n1. The molecular formula is C26H27N3O3. The number of aryl methyl sites for hydroxylation is 1. The summed E-state index contributed by atoms with van der Waals surface area (Å²) in [4.78, 5) is 19.5. The van der Waals surface area contributed by atoms with Crippen molar-refractivity contribution in [2.24, 2.45) is 0 Å². The predicted molar refractivity (Wildman–Crippen MR) is 124 cm³/mol. The number of carbonyl (C=O) groups excluding carboxylic acids is 1. The third-order valence-corrected chi connectivity index (χ3v) is 5.25. The number of amides is 1. The van der Waals surface area contributed by atoms with Crippen LogP contribution < -0.4 is 9.47 Å². The molecule has 0 saturated carbocycles. The Balaban J connectivity index is 1.49. The molecule has 0 fully saturated rings. The number of aromatic nitrogens is 2. The average molecular weight is 430 g/mol. The van der Waals surface area contributed by atoms with Gasteiger partial charge in [-0.3, -0.25) is 4.79 Å². The van der Waals surface area contributed by atoms with Crippen LogP contribution in [-0.2, 0) is 13.2 Å². The third-order valence-electron chi connectivity index (χ3n) is 5.25. The van der Waals surface area contributed by atoms with Gasteiger partial charge in [0, 0.05) is 31.5 Å². The number of benzene rings is 2. The zero-order valence-corrected chi connectivity index (χ0v) is 18.6. The molecule has 0 aliphatic rings. The van der Waals surface area contributed by atoms with Gasteiger partial charge in [0.05, 0.1) is 17.9 Å². The van der Waals surface area contributed by atoms with Gasteiger partial charge in [0.25, 0.3) is 5.91 Å². The lowest BCUT2D eigenvalue weighted by Crippen LogP contribution is -2.27. The molecular weight excluding hydrogens is 402 g/mol. The van der Waals surface area contributed by atoms with Crippen molar-refractivity contribution in [2.45, 2.75) is 27.0 Å². The smallest absolute Gasteiger partial charge is 0.257 e. The molecule has 0 saturated heterocycles.